The van der Waals surface area contributed by atoms with Gasteiger partial charge < -0.3 is 10.1 Å². The summed E-state index contributed by atoms with van der Waals surface area (Å²) in [5.74, 6) is -1.29. The number of aryl methyl sites for hydroxylation is 2. The van der Waals surface area contributed by atoms with Gasteiger partial charge in [-0.2, -0.15) is 0 Å². The van der Waals surface area contributed by atoms with Crippen LogP contribution < -0.4 is 5.32 Å². The van der Waals surface area contributed by atoms with Crippen molar-refractivity contribution in [3.8, 4) is 0 Å². The summed E-state index contributed by atoms with van der Waals surface area (Å²) in [5.41, 5.74) is 2.78. The van der Waals surface area contributed by atoms with E-state index in [9.17, 15) is 14.4 Å². The van der Waals surface area contributed by atoms with Gasteiger partial charge in [0.2, 0.25) is 5.78 Å². The summed E-state index contributed by atoms with van der Waals surface area (Å²) >= 11 is 0. The van der Waals surface area contributed by atoms with E-state index < -0.39 is 12.0 Å². The average molecular weight is 339 g/mol. The predicted molar refractivity (Wildman–Crippen MR) is 94.6 cm³/mol. The highest BCUT2D eigenvalue weighted by Gasteiger charge is 2.19. The zero-order valence-electron chi connectivity index (χ0n) is 14.5. The zero-order chi connectivity index (χ0) is 18.4. The van der Waals surface area contributed by atoms with E-state index in [1.807, 2.05) is 26.0 Å². The minimum atomic E-state index is -0.848. The molecule has 5 heteroatoms. The molecule has 130 valence electrons. The molecule has 0 bridgehead atoms. The first kappa shape index (κ1) is 18.4. The number of carbonyl (C=O) groups is 3. The molecule has 0 saturated heterocycles. The van der Waals surface area contributed by atoms with Crippen LogP contribution in [0.4, 0.5) is 0 Å². The highest BCUT2D eigenvalue weighted by molar-refractivity contribution is 6.00. The summed E-state index contributed by atoms with van der Waals surface area (Å²) in [5, 5.41) is 2.56. The molecule has 5 nitrogen and oxygen atoms in total. The fraction of sp³-hybridized carbons (Fsp3) is 0.250. The summed E-state index contributed by atoms with van der Waals surface area (Å²) < 4.78 is 5.05. The Morgan fingerprint density at radius 2 is 1.72 bits per heavy atom. The largest absolute Gasteiger partial charge is 0.456 e. The van der Waals surface area contributed by atoms with E-state index >= 15 is 0 Å². The number of esters is 1. The molecule has 0 aromatic heterocycles. The van der Waals surface area contributed by atoms with Crippen molar-refractivity contribution in [2.24, 2.45) is 0 Å². The molecule has 25 heavy (non-hydrogen) atoms. The molecule has 0 spiro atoms. The van der Waals surface area contributed by atoms with Crippen LogP contribution >= 0.6 is 0 Å². The fourth-order valence-corrected chi connectivity index (χ4v) is 2.30. The third-order valence-electron chi connectivity index (χ3n) is 3.78. The number of nitrogens with one attached hydrogen (secondary N) is 1. The van der Waals surface area contributed by atoms with Crippen molar-refractivity contribution in [2.75, 3.05) is 6.61 Å². The SMILES string of the molecule is Cc1ccc(C)c(C(=O)COC(=O)[C@H](C)NC(=O)c2ccccc2)c1. The monoisotopic (exact) mass is 339 g/mol. The second-order valence-corrected chi connectivity index (χ2v) is 5.91. The number of Topliss-reactive ketones (excluding diaryl/α,β-unsaturated/α-hetero) is 1. The average Bonchev–Trinajstić information content (AvgIpc) is 2.62. The Bertz CT molecular complexity index is 784. The zero-order valence-corrected chi connectivity index (χ0v) is 14.5. The number of ether oxygens (including phenoxy) is 1. The Kier molecular flexibility index (Phi) is 6.06. The number of rotatable bonds is 6. The van der Waals surface area contributed by atoms with Crippen LogP contribution in [-0.4, -0.2) is 30.3 Å². The van der Waals surface area contributed by atoms with Crippen LogP contribution in [0.1, 0.15) is 38.8 Å². The normalized spacial score (nSPS) is 11.5. The number of hydrogen-bond donors (Lipinski definition) is 1. The Hall–Kier alpha value is -2.95. The van der Waals surface area contributed by atoms with Crippen molar-refractivity contribution in [3.05, 3.63) is 70.8 Å². The number of hydrogen-bond acceptors (Lipinski definition) is 4. The first-order valence-electron chi connectivity index (χ1n) is 8.01. The van der Waals surface area contributed by atoms with Gasteiger partial charge in [0.1, 0.15) is 6.04 Å². The van der Waals surface area contributed by atoms with Gasteiger partial charge in [0.15, 0.2) is 6.61 Å². The second kappa shape index (κ2) is 8.24. The van der Waals surface area contributed by atoms with Crippen LogP contribution in [0.2, 0.25) is 0 Å². The van der Waals surface area contributed by atoms with Crippen LogP contribution in [0.3, 0.4) is 0 Å². The summed E-state index contributed by atoms with van der Waals surface area (Å²) in [6.45, 7) is 4.89. The number of ketones is 1. The van der Waals surface area contributed by atoms with Crippen molar-refractivity contribution in [1.29, 1.82) is 0 Å². The molecule has 1 atom stereocenters. The molecule has 0 aliphatic heterocycles. The van der Waals surface area contributed by atoms with E-state index in [1.54, 1.807) is 36.4 Å². The molecule has 1 amide bonds. The van der Waals surface area contributed by atoms with Crippen molar-refractivity contribution < 1.29 is 19.1 Å². The van der Waals surface area contributed by atoms with Gasteiger partial charge in [-0.1, -0.05) is 35.9 Å². The molecule has 2 aromatic carbocycles. The van der Waals surface area contributed by atoms with E-state index in [2.05, 4.69) is 5.32 Å². The molecule has 0 radical (unpaired) electrons. The first-order valence-corrected chi connectivity index (χ1v) is 8.01. The van der Waals surface area contributed by atoms with E-state index in [0.717, 1.165) is 11.1 Å². The summed E-state index contributed by atoms with van der Waals surface area (Å²) in [6, 6.07) is 13.3. The summed E-state index contributed by atoms with van der Waals surface area (Å²) in [6.07, 6.45) is 0. The van der Waals surface area contributed by atoms with Crippen molar-refractivity contribution in [3.63, 3.8) is 0 Å². The summed E-state index contributed by atoms with van der Waals surface area (Å²) in [7, 11) is 0. The quantitative estimate of drug-likeness (QED) is 0.649. The Morgan fingerprint density at radius 1 is 1.04 bits per heavy atom. The maximum Gasteiger partial charge on any atom is 0.328 e. The van der Waals surface area contributed by atoms with Gasteiger partial charge in [-0.3, -0.25) is 9.59 Å². The minimum Gasteiger partial charge on any atom is -0.456 e. The molecule has 1 N–H and O–H groups in total. The van der Waals surface area contributed by atoms with Crippen LogP contribution in [0, 0.1) is 13.8 Å². The predicted octanol–water partition coefficient (Wildman–Crippen LogP) is 2.85. The molecule has 2 rings (SSSR count). The summed E-state index contributed by atoms with van der Waals surface area (Å²) in [4.78, 5) is 36.2. The number of benzene rings is 2. The fourth-order valence-electron chi connectivity index (χ4n) is 2.30. The van der Waals surface area contributed by atoms with Gasteiger partial charge >= 0.3 is 5.97 Å². The molecule has 0 aliphatic rings. The highest BCUT2D eigenvalue weighted by atomic mass is 16.5. The lowest BCUT2D eigenvalue weighted by Gasteiger charge is -2.13. The van der Waals surface area contributed by atoms with Crippen LogP contribution in [-0.2, 0) is 9.53 Å². The van der Waals surface area contributed by atoms with Crippen molar-refractivity contribution in [1.82, 2.24) is 5.32 Å². The first-order chi connectivity index (χ1) is 11.9. The molecule has 0 fully saturated rings. The van der Waals surface area contributed by atoms with E-state index in [0.29, 0.717) is 11.1 Å². The van der Waals surface area contributed by atoms with Gasteiger partial charge in [-0.15, -0.1) is 0 Å². The lowest BCUT2D eigenvalue weighted by Crippen LogP contribution is -2.40. The second-order valence-electron chi connectivity index (χ2n) is 5.91. The van der Waals surface area contributed by atoms with E-state index in [1.165, 1.54) is 6.92 Å². The van der Waals surface area contributed by atoms with Crippen LogP contribution in [0.5, 0.6) is 0 Å². The smallest absolute Gasteiger partial charge is 0.328 e. The standard InChI is InChI=1S/C20H21NO4/c1-13-9-10-14(2)17(11-13)18(22)12-25-20(24)15(3)21-19(23)16-7-5-4-6-8-16/h4-11,15H,12H2,1-3H3,(H,21,23)/t15-/m0/s1. The molecule has 0 heterocycles. The van der Waals surface area contributed by atoms with E-state index in [4.69, 9.17) is 4.74 Å². The van der Waals surface area contributed by atoms with Gasteiger partial charge in [-0.05, 0) is 44.5 Å². The van der Waals surface area contributed by atoms with Gasteiger partial charge in [-0.25, -0.2) is 4.79 Å². The maximum atomic E-state index is 12.2. The molecule has 0 aliphatic carbocycles. The molecule has 2 aromatic rings. The highest BCUT2D eigenvalue weighted by Crippen LogP contribution is 2.11. The van der Waals surface area contributed by atoms with Crippen molar-refractivity contribution in [2.45, 2.75) is 26.8 Å². The Labute approximate surface area is 147 Å². The topological polar surface area (TPSA) is 72.5 Å². The van der Waals surface area contributed by atoms with Crippen molar-refractivity contribution >= 4 is 17.7 Å². The number of amides is 1. The Balaban J connectivity index is 1.90. The molecular formula is C20H21NO4. The van der Waals surface area contributed by atoms with Crippen LogP contribution in [0.25, 0.3) is 0 Å². The third kappa shape index (κ3) is 5.01. The lowest BCUT2D eigenvalue weighted by molar-refractivity contribution is -0.144. The van der Waals surface area contributed by atoms with Gasteiger partial charge in [0.05, 0.1) is 0 Å². The third-order valence-corrected chi connectivity index (χ3v) is 3.78. The lowest BCUT2D eigenvalue weighted by atomic mass is 10.0. The maximum absolute atomic E-state index is 12.2. The molecule has 0 saturated carbocycles. The molecule has 0 unspecified atom stereocenters. The van der Waals surface area contributed by atoms with E-state index in [-0.39, 0.29) is 18.3 Å². The Morgan fingerprint density at radius 3 is 2.40 bits per heavy atom. The minimum absolute atomic E-state index is 0.267. The van der Waals surface area contributed by atoms with Gasteiger partial charge in [0, 0.05) is 11.1 Å². The van der Waals surface area contributed by atoms with Crippen LogP contribution in [0.15, 0.2) is 48.5 Å². The molecular weight excluding hydrogens is 318 g/mol. The van der Waals surface area contributed by atoms with Gasteiger partial charge in [0.25, 0.3) is 5.91 Å². The number of carbonyl (C=O) groups excluding carboxylic acids is 3.